The molecule has 0 radical (unpaired) electrons. The van der Waals surface area contributed by atoms with Gasteiger partial charge in [0.25, 0.3) is 10.0 Å². The fourth-order valence-corrected chi connectivity index (χ4v) is 3.29. The van der Waals surface area contributed by atoms with Crippen LogP contribution in [0.2, 0.25) is 5.02 Å². The van der Waals surface area contributed by atoms with Crippen molar-refractivity contribution in [2.75, 3.05) is 7.05 Å². The summed E-state index contributed by atoms with van der Waals surface area (Å²) >= 11 is 5.91. The largest absolute Gasteiger partial charge is 0.447 e. The van der Waals surface area contributed by atoms with Gasteiger partial charge in [-0.25, -0.2) is 13.1 Å². The van der Waals surface area contributed by atoms with Crippen molar-refractivity contribution >= 4 is 21.6 Å². The lowest BCUT2D eigenvalue weighted by atomic mass is 10.1. The first kappa shape index (κ1) is 16.0. The molecule has 21 heavy (non-hydrogen) atoms. The molecular formula is C14H17ClN2O3S. The van der Waals surface area contributed by atoms with Gasteiger partial charge in [0.05, 0.1) is 6.54 Å². The first-order valence-corrected chi connectivity index (χ1v) is 8.29. The molecule has 5 nitrogen and oxygen atoms in total. The van der Waals surface area contributed by atoms with E-state index < -0.39 is 16.1 Å². The van der Waals surface area contributed by atoms with Crippen LogP contribution in [0.1, 0.15) is 24.3 Å². The molecule has 1 unspecified atom stereocenters. The van der Waals surface area contributed by atoms with Crippen molar-refractivity contribution in [3.8, 4) is 0 Å². The Labute approximate surface area is 129 Å². The van der Waals surface area contributed by atoms with E-state index in [9.17, 15) is 8.42 Å². The maximum Gasteiger partial charge on any atom is 0.274 e. The topological polar surface area (TPSA) is 71.3 Å². The van der Waals surface area contributed by atoms with Crippen LogP contribution >= 0.6 is 11.6 Å². The summed E-state index contributed by atoms with van der Waals surface area (Å²) < 4.78 is 32.4. The van der Waals surface area contributed by atoms with Crippen LogP contribution in [0.4, 0.5) is 0 Å². The zero-order valence-corrected chi connectivity index (χ0v) is 13.3. The Hall–Kier alpha value is -1.34. The van der Waals surface area contributed by atoms with Gasteiger partial charge in [-0.05, 0) is 43.8 Å². The Bertz CT molecular complexity index is 713. The minimum atomic E-state index is -3.71. The van der Waals surface area contributed by atoms with E-state index in [-0.39, 0.29) is 5.09 Å². The molecule has 1 heterocycles. The predicted octanol–water partition coefficient (Wildman–Crippen LogP) is 2.69. The van der Waals surface area contributed by atoms with Crippen molar-refractivity contribution in [2.24, 2.45) is 0 Å². The quantitative estimate of drug-likeness (QED) is 0.855. The molecular weight excluding hydrogens is 312 g/mol. The van der Waals surface area contributed by atoms with Crippen molar-refractivity contribution in [2.45, 2.75) is 24.6 Å². The highest BCUT2D eigenvalue weighted by Crippen LogP contribution is 2.21. The van der Waals surface area contributed by atoms with Crippen LogP contribution in [0.3, 0.4) is 0 Å². The zero-order valence-electron chi connectivity index (χ0n) is 11.8. The Morgan fingerprint density at radius 1 is 1.29 bits per heavy atom. The van der Waals surface area contributed by atoms with Crippen molar-refractivity contribution in [1.82, 2.24) is 10.0 Å². The molecule has 0 bridgehead atoms. The van der Waals surface area contributed by atoms with Crippen molar-refractivity contribution in [3.63, 3.8) is 0 Å². The van der Waals surface area contributed by atoms with Gasteiger partial charge in [-0.3, -0.25) is 0 Å². The third-order valence-corrected chi connectivity index (χ3v) is 4.58. The number of hydrogen-bond acceptors (Lipinski definition) is 4. The Morgan fingerprint density at radius 2 is 2.05 bits per heavy atom. The predicted molar refractivity (Wildman–Crippen MR) is 81.7 cm³/mol. The van der Waals surface area contributed by atoms with E-state index in [1.54, 1.807) is 38.2 Å². The average molecular weight is 329 g/mol. The van der Waals surface area contributed by atoms with E-state index in [2.05, 4.69) is 10.0 Å². The molecule has 0 fully saturated rings. The van der Waals surface area contributed by atoms with Crippen LogP contribution in [-0.2, 0) is 16.6 Å². The number of halogens is 1. The summed E-state index contributed by atoms with van der Waals surface area (Å²) in [5.41, 5.74) is 0.785. The summed E-state index contributed by atoms with van der Waals surface area (Å²) in [7, 11) is -1.95. The molecule has 0 aliphatic heterocycles. The number of hydrogen-bond donors (Lipinski definition) is 2. The van der Waals surface area contributed by atoms with Gasteiger partial charge < -0.3 is 9.73 Å². The fraction of sp³-hybridized carbons (Fsp3) is 0.286. The summed E-state index contributed by atoms with van der Waals surface area (Å²) in [5.74, 6) is 0.563. The molecule has 2 aromatic rings. The van der Waals surface area contributed by atoms with Crippen LogP contribution in [0.5, 0.6) is 0 Å². The van der Waals surface area contributed by atoms with E-state index in [4.69, 9.17) is 16.0 Å². The zero-order chi connectivity index (χ0) is 15.5. The van der Waals surface area contributed by atoms with Crippen molar-refractivity contribution in [3.05, 3.63) is 52.7 Å². The van der Waals surface area contributed by atoms with Gasteiger partial charge in [0, 0.05) is 11.1 Å². The normalized spacial score (nSPS) is 13.3. The van der Waals surface area contributed by atoms with Gasteiger partial charge in [0.15, 0.2) is 0 Å². The number of sulfonamides is 1. The molecule has 1 aromatic carbocycles. The average Bonchev–Trinajstić information content (AvgIpc) is 2.88. The molecule has 7 heteroatoms. The van der Waals surface area contributed by atoms with E-state index in [0.717, 1.165) is 5.56 Å². The standard InChI is InChI=1S/C14H17ClN2O3S/c1-10(11-4-3-5-12(15)8-11)17-21(18,19)14-7-6-13(20-14)9-16-2/h3-8,10,16-17H,9H2,1-2H3. The third kappa shape index (κ3) is 4.07. The summed E-state index contributed by atoms with van der Waals surface area (Å²) in [6.45, 7) is 2.22. The molecule has 1 atom stereocenters. The third-order valence-electron chi connectivity index (χ3n) is 2.93. The molecule has 0 amide bonds. The molecule has 2 N–H and O–H groups in total. The maximum absolute atomic E-state index is 12.3. The van der Waals surface area contributed by atoms with Gasteiger partial charge in [-0.2, -0.15) is 0 Å². The Morgan fingerprint density at radius 3 is 2.71 bits per heavy atom. The SMILES string of the molecule is CNCc1ccc(S(=O)(=O)NC(C)c2cccc(Cl)c2)o1. The van der Waals surface area contributed by atoms with Crippen LogP contribution in [-0.4, -0.2) is 15.5 Å². The highest BCUT2D eigenvalue weighted by Gasteiger charge is 2.22. The second-order valence-corrected chi connectivity index (χ2v) is 6.73. The minimum Gasteiger partial charge on any atom is -0.447 e. The second-order valence-electron chi connectivity index (χ2n) is 4.65. The Kier molecular flexibility index (Phi) is 5.05. The first-order chi connectivity index (χ1) is 9.92. The van der Waals surface area contributed by atoms with Gasteiger partial charge >= 0.3 is 0 Å². The number of furan rings is 1. The molecule has 0 aliphatic rings. The molecule has 0 spiro atoms. The van der Waals surface area contributed by atoms with Crippen LogP contribution in [0, 0.1) is 0 Å². The lowest BCUT2D eigenvalue weighted by Crippen LogP contribution is -2.26. The van der Waals surface area contributed by atoms with Crippen LogP contribution in [0.25, 0.3) is 0 Å². The number of benzene rings is 1. The lowest BCUT2D eigenvalue weighted by Gasteiger charge is -2.13. The maximum atomic E-state index is 12.3. The molecule has 2 rings (SSSR count). The lowest BCUT2D eigenvalue weighted by molar-refractivity contribution is 0.403. The van der Waals surface area contributed by atoms with Crippen LogP contribution < -0.4 is 10.0 Å². The Balaban J connectivity index is 2.16. The first-order valence-electron chi connectivity index (χ1n) is 6.43. The van der Waals surface area contributed by atoms with E-state index in [0.29, 0.717) is 17.3 Å². The highest BCUT2D eigenvalue weighted by molar-refractivity contribution is 7.89. The summed E-state index contributed by atoms with van der Waals surface area (Å²) in [4.78, 5) is 0. The minimum absolute atomic E-state index is 0.0957. The number of rotatable bonds is 6. The van der Waals surface area contributed by atoms with Gasteiger partial charge in [0.2, 0.25) is 5.09 Å². The van der Waals surface area contributed by atoms with Crippen molar-refractivity contribution < 1.29 is 12.8 Å². The monoisotopic (exact) mass is 328 g/mol. The van der Waals surface area contributed by atoms with E-state index in [1.165, 1.54) is 6.07 Å². The van der Waals surface area contributed by atoms with Gasteiger partial charge in [-0.1, -0.05) is 23.7 Å². The fourth-order valence-electron chi connectivity index (χ4n) is 1.91. The van der Waals surface area contributed by atoms with E-state index in [1.807, 2.05) is 6.07 Å². The summed E-state index contributed by atoms with van der Waals surface area (Å²) in [6.07, 6.45) is 0. The molecule has 0 aliphatic carbocycles. The second kappa shape index (κ2) is 6.62. The number of nitrogens with one attached hydrogen (secondary N) is 2. The smallest absolute Gasteiger partial charge is 0.274 e. The van der Waals surface area contributed by atoms with Crippen molar-refractivity contribution in [1.29, 1.82) is 0 Å². The van der Waals surface area contributed by atoms with Gasteiger partial charge in [0.1, 0.15) is 5.76 Å². The molecule has 0 saturated carbocycles. The molecule has 114 valence electrons. The molecule has 0 saturated heterocycles. The summed E-state index contributed by atoms with van der Waals surface area (Å²) in [5, 5.41) is 3.37. The van der Waals surface area contributed by atoms with Crippen LogP contribution in [0.15, 0.2) is 45.9 Å². The van der Waals surface area contributed by atoms with E-state index >= 15 is 0 Å². The summed E-state index contributed by atoms with van der Waals surface area (Å²) in [6, 6.07) is 9.72. The van der Waals surface area contributed by atoms with Gasteiger partial charge in [-0.15, -0.1) is 0 Å². The highest BCUT2D eigenvalue weighted by atomic mass is 35.5. The molecule has 1 aromatic heterocycles.